The number of benzene rings is 3. The highest BCUT2D eigenvalue weighted by Gasteiger charge is 2.23. The monoisotopic (exact) mass is 585 g/mol. The molecule has 39 heavy (non-hydrogen) atoms. The first-order chi connectivity index (χ1) is 18.8. The summed E-state index contributed by atoms with van der Waals surface area (Å²) in [6.07, 6.45) is 2.25. The van der Waals surface area contributed by atoms with Gasteiger partial charge in [0.25, 0.3) is 0 Å². The van der Waals surface area contributed by atoms with Gasteiger partial charge >= 0.3 is 0 Å². The molecule has 1 aromatic heterocycles. The third kappa shape index (κ3) is 6.00. The third-order valence-corrected chi connectivity index (χ3v) is 9.00. The van der Waals surface area contributed by atoms with E-state index in [0.717, 1.165) is 29.9 Å². The summed E-state index contributed by atoms with van der Waals surface area (Å²) in [5.74, 6) is 1.12. The van der Waals surface area contributed by atoms with Gasteiger partial charge in [-0.2, -0.15) is 0 Å². The minimum Gasteiger partial charge on any atom is -0.439 e. The number of hydrogen-bond acceptors (Lipinski definition) is 6. The van der Waals surface area contributed by atoms with Crippen molar-refractivity contribution in [1.82, 2.24) is 9.71 Å². The number of fused-ring (bicyclic) bond motifs is 1. The maximum absolute atomic E-state index is 13.4. The molecule has 1 unspecified atom stereocenters. The van der Waals surface area contributed by atoms with Gasteiger partial charge in [-0.05, 0) is 61.4 Å². The fourth-order valence-electron chi connectivity index (χ4n) is 4.80. The molecule has 1 aliphatic rings. The summed E-state index contributed by atoms with van der Waals surface area (Å²) < 4.78 is 41.2. The Morgan fingerprint density at radius 3 is 2.51 bits per heavy atom. The van der Waals surface area contributed by atoms with E-state index in [1.54, 1.807) is 37.4 Å². The van der Waals surface area contributed by atoms with Crippen LogP contribution in [0.15, 0.2) is 71.8 Å². The summed E-state index contributed by atoms with van der Waals surface area (Å²) in [7, 11) is -3.87. The highest BCUT2D eigenvalue weighted by molar-refractivity contribution is 7.89. The third-order valence-electron chi connectivity index (χ3n) is 6.80. The van der Waals surface area contributed by atoms with Crippen LogP contribution in [0.4, 0.5) is 5.69 Å². The molecule has 0 spiro atoms. The first-order valence-corrected chi connectivity index (χ1v) is 15.0. The smallest absolute Gasteiger partial charge is 0.241 e. The van der Waals surface area contributed by atoms with Crippen molar-refractivity contribution in [2.75, 3.05) is 31.2 Å². The second kappa shape index (κ2) is 11.7. The van der Waals surface area contributed by atoms with E-state index in [1.807, 2.05) is 37.3 Å². The molecule has 4 aromatic rings. The molecule has 204 valence electrons. The Labute approximate surface area is 238 Å². The standard InChI is InChI=1S/C29H29Cl2N3O4S/c1-3-23-24(11-12-32-29(23)38-21-6-4-5-20(17-21)34-13-15-37-16-14-34)19(2)33-39(35,36)22-7-8-25-26(18-22)28(31)10-9-27(25)30/h4-12,17-19,33H,3,13-16H2,1-2H3. The number of anilines is 1. The second-order valence-electron chi connectivity index (χ2n) is 9.32. The van der Waals surface area contributed by atoms with Crippen LogP contribution in [0.3, 0.4) is 0 Å². The summed E-state index contributed by atoms with van der Waals surface area (Å²) in [6, 6.07) is 17.2. The minimum atomic E-state index is -3.87. The van der Waals surface area contributed by atoms with Crippen molar-refractivity contribution in [2.45, 2.75) is 31.2 Å². The maximum Gasteiger partial charge on any atom is 0.241 e. The Bertz CT molecular complexity index is 1610. The molecule has 0 aliphatic carbocycles. The number of nitrogens with zero attached hydrogens (tertiary/aromatic N) is 2. The molecule has 10 heteroatoms. The van der Waals surface area contributed by atoms with Crippen molar-refractivity contribution in [3.8, 4) is 11.6 Å². The molecule has 7 nitrogen and oxygen atoms in total. The molecule has 0 radical (unpaired) electrons. The van der Waals surface area contributed by atoms with Gasteiger partial charge in [0, 0.05) is 63.5 Å². The predicted octanol–water partition coefficient (Wildman–Crippen LogP) is 6.77. The lowest BCUT2D eigenvalue weighted by Gasteiger charge is -2.29. The lowest BCUT2D eigenvalue weighted by atomic mass is 10.0. The Kier molecular flexibility index (Phi) is 8.30. The van der Waals surface area contributed by atoms with Crippen LogP contribution in [-0.4, -0.2) is 39.7 Å². The van der Waals surface area contributed by atoms with E-state index in [9.17, 15) is 8.42 Å². The normalized spacial score (nSPS) is 14.9. The number of halogens is 2. The van der Waals surface area contributed by atoms with Crippen molar-refractivity contribution < 1.29 is 17.9 Å². The minimum absolute atomic E-state index is 0.106. The summed E-state index contributed by atoms with van der Waals surface area (Å²) in [4.78, 5) is 6.84. The molecule has 3 aromatic carbocycles. The van der Waals surface area contributed by atoms with Crippen LogP contribution < -0.4 is 14.4 Å². The molecule has 1 fully saturated rings. The van der Waals surface area contributed by atoms with Crippen molar-refractivity contribution in [2.24, 2.45) is 0 Å². The van der Waals surface area contributed by atoms with Gasteiger partial charge in [0.2, 0.25) is 15.9 Å². The highest BCUT2D eigenvalue weighted by atomic mass is 35.5. The molecule has 1 aliphatic heterocycles. The van der Waals surface area contributed by atoms with Crippen LogP contribution in [0.1, 0.15) is 31.0 Å². The van der Waals surface area contributed by atoms with Crippen molar-refractivity contribution in [3.05, 3.63) is 88.0 Å². The van der Waals surface area contributed by atoms with E-state index < -0.39 is 16.1 Å². The first kappa shape index (κ1) is 27.7. The zero-order valence-corrected chi connectivity index (χ0v) is 24.0. The molecule has 2 heterocycles. The van der Waals surface area contributed by atoms with Crippen LogP contribution in [0.25, 0.3) is 10.8 Å². The molecule has 0 bridgehead atoms. The molecule has 1 atom stereocenters. The van der Waals surface area contributed by atoms with Crippen LogP contribution in [0.5, 0.6) is 11.6 Å². The molecule has 1 N–H and O–H groups in total. The molecule has 0 saturated carbocycles. The SMILES string of the molecule is CCc1c(C(C)NS(=O)(=O)c2ccc3c(Cl)ccc(Cl)c3c2)ccnc1Oc1cccc(N2CCOCC2)c1. The molecule has 5 rings (SSSR count). The Balaban J connectivity index is 1.39. The number of ether oxygens (including phenoxy) is 2. The topological polar surface area (TPSA) is 80.8 Å². The maximum atomic E-state index is 13.4. The van der Waals surface area contributed by atoms with Crippen molar-refractivity contribution in [1.29, 1.82) is 0 Å². The molecular formula is C29H29Cl2N3O4S. The number of nitrogens with one attached hydrogen (secondary N) is 1. The number of rotatable bonds is 8. The number of morpholine rings is 1. The number of sulfonamides is 1. The number of pyridine rings is 1. The Morgan fingerprint density at radius 1 is 1.03 bits per heavy atom. The predicted molar refractivity (Wildman–Crippen MR) is 156 cm³/mol. The van der Waals surface area contributed by atoms with Crippen LogP contribution in [0.2, 0.25) is 10.0 Å². The van der Waals surface area contributed by atoms with E-state index >= 15 is 0 Å². The Hall–Kier alpha value is -2.88. The molecule has 1 saturated heterocycles. The van der Waals surface area contributed by atoms with Gasteiger partial charge in [-0.3, -0.25) is 0 Å². The van der Waals surface area contributed by atoms with Crippen LogP contribution in [-0.2, 0) is 21.2 Å². The average molecular weight is 587 g/mol. The second-order valence-corrected chi connectivity index (χ2v) is 11.8. The van der Waals surface area contributed by atoms with E-state index in [1.165, 1.54) is 6.07 Å². The fourth-order valence-corrected chi connectivity index (χ4v) is 6.50. The lowest BCUT2D eigenvalue weighted by Crippen LogP contribution is -2.36. The quantitative estimate of drug-likeness (QED) is 0.246. The number of aromatic nitrogens is 1. The highest BCUT2D eigenvalue weighted by Crippen LogP contribution is 2.34. The van der Waals surface area contributed by atoms with Crippen molar-refractivity contribution >= 4 is 49.7 Å². The summed E-state index contributed by atoms with van der Waals surface area (Å²) >= 11 is 12.6. The average Bonchev–Trinajstić information content (AvgIpc) is 2.95. The van der Waals surface area contributed by atoms with Crippen molar-refractivity contribution in [3.63, 3.8) is 0 Å². The van der Waals surface area contributed by atoms with Crippen LogP contribution in [0, 0.1) is 0 Å². The summed E-state index contributed by atoms with van der Waals surface area (Å²) in [5.41, 5.74) is 2.68. The van der Waals surface area contributed by atoms with E-state index in [2.05, 4.69) is 14.6 Å². The Morgan fingerprint density at radius 2 is 1.77 bits per heavy atom. The van der Waals surface area contributed by atoms with Gasteiger partial charge in [0.15, 0.2) is 0 Å². The van der Waals surface area contributed by atoms with E-state index in [0.29, 0.717) is 52.1 Å². The van der Waals surface area contributed by atoms with E-state index in [-0.39, 0.29) is 4.90 Å². The fraction of sp³-hybridized carbons (Fsp3) is 0.276. The van der Waals surface area contributed by atoms with Gasteiger partial charge in [-0.15, -0.1) is 0 Å². The van der Waals surface area contributed by atoms with Gasteiger partial charge in [0.1, 0.15) is 5.75 Å². The zero-order chi connectivity index (χ0) is 27.6. The largest absolute Gasteiger partial charge is 0.439 e. The van der Waals surface area contributed by atoms with Gasteiger partial charge in [-0.1, -0.05) is 42.3 Å². The lowest BCUT2D eigenvalue weighted by molar-refractivity contribution is 0.122. The van der Waals surface area contributed by atoms with Gasteiger partial charge in [-0.25, -0.2) is 18.1 Å². The number of hydrogen-bond donors (Lipinski definition) is 1. The molecule has 0 amide bonds. The summed E-state index contributed by atoms with van der Waals surface area (Å²) in [6.45, 7) is 6.84. The molecular weight excluding hydrogens is 557 g/mol. The van der Waals surface area contributed by atoms with E-state index in [4.69, 9.17) is 32.7 Å². The summed E-state index contributed by atoms with van der Waals surface area (Å²) in [5, 5.41) is 2.21. The van der Waals surface area contributed by atoms with Gasteiger partial charge in [0.05, 0.1) is 18.1 Å². The van der Waals surface area contributed by atoms with Gasteiger partial charge < -0.3 is 14.4 Å². The first-order valence-electron chi connectivity index (χ1n) is 12.8. The zero-order valence-electron chi connectivity index (χ0n) is 21.7. The van der Waals surface area contributed by atoms with Crippen LogP contribution >= 0.6 is 23.2 Å².